The van der Waals surface area contributed by atoms with Crippen molar-refractivity contribution in [2.24, 2.45) is 0 Å². The van der Waals surface area contributed by atoms with Gasteiger partial charge in [0.25, 0.3) is 14.1 Å². The predicted molar refractivity (Wildman–Crippen MR) is 149 cm³/mol. The first-order chi connectivity index (χ1) is 19.0. The van der Waals surface area contributed by atoms with Crippen molar-refractivity contribution in [2.45, 2.75) is 91.3 Å². The molecule has 1 aromatic rings. The average molecular weight is 582 g/mol. The summed E-state index contributed by atoms with van der Waals surface area (Å²) in [5.41, 5.74) is -1.21. The number of ether oxygens (including phenoxy) is 2. The molecule has 0 bridgehead atoms. The van der Waals surface area contributed by atoms with Gasteiger partial charge in [-0.25, -0.2) is 9.46 Å². The zero-order chi connectivity index (χ0) is 29.8. The first-order valence-electron chi connectivity index (χ1n) is 13.3. The molecule has 222 valence electrons. The minimum atomic E-state index is -1.51. The van der Waals surface area contributed by atoms with E-state index in [0.29, 0.717) is 12.8 Å². The van der Waals surface area contributed by atoms with Gasteiger partial charge in [0.2, 0.25) is 5.91 Å². The second kappa shape index (κ2) is 16.4. The number of rotatable bonds is 15. The molecule has 1 amide bonds. The molecule has 0 radical (unpaired) electrons. The minimum absolute atomic E-state index is 0.0267. The SMILES string of the molecule is CC[C@H]1O[C@@H](n2cc(/C=C/C(=O)NCCOC(C)=O)c(=O)[nH]c2=O)C[C@H]1OP(OCCC#N)N(C(C)C)C(C)C. The average Bonchev–Trinajstić information content (AvgIpc) is 3.28. The van der Waals surface area contributed by atoms with E-state index in [4.69, 9.17) is 23.8 Å². The summed E-state index contributed by atoms with van der Waals surface area (Å²) < 4.78 is 26.8. The Kier molecular flexibility index (Phi) is 13.7. The number of H-pyrrole nitrogens is 1. The van der Waals surface area contributed by atoms with Crippen molar-refractivity contribution >= 4 is 26.5 Å². The molecule has 2 heterocycles. The number of esters is 1. The lowest BCUT2D eigenvalue weighted by Crippen LogP contribution is -2.35. The van der Waals surface area contributed by atoms with E-state index in [1.165, 1.54) is 23.8 Å². The van der Waals surface area contributed by atoms with Crippen molar-refractivity contribution in [2.75, 3.05) is 19.8 Å². The van der Waals surface area contributed by atoms with Crippen LogP contribution in [0.15, 0.2) is 21.9 Å². The van der Waals surface area contributed by atoms with Crippen LogP contribution in [0.3, 0.4) is 0 Å². The minimum Gasteiger partial charge on any atom is -0.464 e. The van der Waals surface area contributed by atoms with Crippen molar-refractivity contribution in [3.63, 3.8) is 0 Å². The van der Waals surface area contributed by atoms with Gasteiger partial charge in [-0.2, -0.15) is 5.26 Å². The van der Waals surface area contributed by atoms with Gasteiger partial charge >= 0.3 is 11.7 Å². The largest absolute Gasteiger partial charge is 0.464 e. The fourth-order valence-corrected chi connectivity index (χ4v) is 5.94. The van der Waals surface area contributed by atoms with Crippen LogP contribution in [0.5, 0.6) is 0 Å². The van der Waals surface area contributed by atoms with Crippen LogP contribution in [0.1, 0.15) is 72.6 Å². The number of amides is 1. The highest BCUT2D eigenvalue weighted by Crippen LogP contribution is 2.50. The molecule has 1 unspecified atom stereocenters. The van der Waals surface area contributed by atoms with Gasteiger partial charge in [-0.3, -0.25) is 23.9 Å². The van der Waals surface area contributed by atoms with Gasteiger partial charge in [-0.1, -0.05) is 6.92 Å². The van der Waals surface area contributed by atoms with E-state index in [-0.39, 0.29) is 49.9 Å². The molecule has 40 heavy (non-hydrogen) atoms. The van der Waals surface area contributed by atoms with Crippen LogP contribution in [0.25, 0.3) is 6.08 Å². The van der Waals surface area contributed by atoms with Crippen LogP contribution in [0.2, 0.25) is 0 Å². The summed E-state index contributed by atoms with van der Waals surface area (Å²) in [4.78, 5) is 50.2. The monoisotopic (exact) mass is 581 g/mol. The van der Waals surface area contributed by atoms with Crippen LogP contribution in [0.4, 0.5) is 0 Å². The Labute approximate surface area is 235 Å². The normalized spacial score (nSPS) is 19.9. The van der Waals surface area contributed by atoms with Crippen LogP contribution in [0, 0.1) is 11.3 Å². The fourth-order valence-electron chi connectivity index (χ4n) is 4.18. The molecule has 4 atom stereocenters. The fraction of sp³-hybridized carbons (Fsp3) is 0.654. The first kappa shape index (κ1) is 33.3. The second-order valence-electron chi connectivity index (χ2n) is 9.68. The van der Waals surface area contributed by atoms with Crippen LogP contribution in [-0.2, 0) is 28.1 Å². The van der Waals surface area contributed by atoms with E-state index in [0.717, 1.165) is 6.08 Å². The van der Waals surface area contributed by atoms with Gasteiger partial charge in [-0.05, 0) is 40.2 Å². The molecular weight excluding hydrogens is 541 g/mol. The number of nitriles is 1. The quantitative estimate of drug-likeness (QED) is 0.136. The maximum atomic E-state index is 12.7. The van der Waals surface area contributed by atoms with Gasteiger partial charge in [0.05, 0.1) is 43.4 Å². The zero-order valence-electron chi connectivity index (χ0n) is 23.9. The van der Waals surface area contributed by atoms with Gasteiger partial charge in [0.1, 0.15) is 12.8 Å². The third-order valence-corrected chi connectivity index (χ3v) is 8.05. The molecule has 0 spiro atoms. The molecule has 1 aliphatic heterocycles. The van der Waals surface area contributed by atoms with Crippen LogP contribution in [-0.4, -0.2) is 70.1 Å². The van der Waals surface area contributed by atoms with Crippen LogP contribution < -0.4 is 16.6 Å². The lowest BCUT2D eigenvalue weighted by Gasteiger charge is -2.37. The molecule has 0 aliphatic carbocycles. The molecule has 14 heteroatoms. The Balaban J connectivity index is 2.21. The summed E-state index contributed by atoms with van der Waals surface area (Å²) in [7, 11) is -1.51. The number of aromatic amines is 1. The van der Waals surface area contributed by atoms with E-state index in [1.807, 2.05) is 34.6 Å². The Morgan fingerprint density at radius 1 is 1.30 bits per heavy atom. The van der Waals surface area contributed by atoms with Crippen molar-refractivity contribution in [3.8, 4) is 6.07 Å². The molecule has 2 N–H and O–H groups in total. The molecule has 0 saturated carbocycles. The van der Waals surface area contributed by atoms with Gasteiger partial charge in [0, 0.05) is 37.7 Å². The number of carbonyl (C=O) groups excluding carboxylic acids is 2. The van der Waals surface area contributed by atoms with Crippen LogP contribution >= 0.6 is 8.53 Å². The zero-order valence-corrected chi connectivity index (χ0v) is 24.8. The Morgan fingerprint density at radius 3 is 2.60 bits per heavy atom. The lowest BCUT2D eigenvalue weighted by molar-refractivity contribution is -0.141. The van der Waals surface area contributed by atoms with Crippen molar-refractivity contribution in [1.82, 2.24) is 19.5 Å². The first-order valence-corrected chi connectivity index (χ1v) is 14.5. The third-order valence-electron chi connectivity index (χ3n) is 5.90. The Bertz CT molecular complexity index is 1170. The standard InChI is InChI=1S/C26H40N5O8P/c1-7-21-22(39-40(37-13-8-11-27)31(17(2)3)18(4)5)15-24(38-21)30-16-20(25(34)29-26(30)35)9-10-23(33)28-12-14-36-19(6)32/h9-10,16-18,21-22,24H,7-8,12-15H2,1-6H3,(H,28,33)(H,29,34,35)/b10-9+/t21-,22-,24-,40?/m1/s1. The molecule has 0 aromatic carbocycles. The lowest BCUT2D eigenvalue weighted by atomic mass is 10.1. The highest BCUT2D eigenvalue weighted by molar-refractivity contribution is 7.44. The van der Waals surface area contributed by atoms with Crippen molar-refractivity contribution in [1.29, 1.82) is 5.26 Å². The molecule has 2 rings (SSSR count). The van der Waals surface area contributed by atoms with Crippen molar-refractivity contribution in [3.05, 3.63) is 38.7 Å². The number of aromatic nitrogens is 2. The van der Waals surface area contributed by atoms with E-state index >= 15 is 0 Å². The molecular formula is C26H40N5O8P. The third kappa shape index (κ3) is 9.94. The molecule has 1 saturated heterocycles. The predicted octanol–water partition coefficient (Wildman–Crippen LogP) is 2.59. The van der Waals surface area contributed by atoms with E-state index in [1.54, 1.807) is 0 Å². The number of nitrogens with zero attached hydrogens (tertiary/aromatic N) is 3. The summed E-state index contributed by atoms with van der Waals surface area (Å²) in [6.07, 6.45) is 3.53. The van der Waals surface area contributed by atoms with E-state index < -0.39 is 44.0 Å². The Morgan fingerprint density at radius 2 is 2.00 bits per heavy atom. The summed E-state index contributed by atoms with van der Waals surface area (Å²) in [6, 6.07) is 2.34. The summed E-state index contributed by atoms with van der Waals surface area (Å²) >= 11 is 0. The van der Waals surface area contributed by atoms with Crippen molar-refractivity contribution < 1.29 is 28.1 Å². The van der Waals surface area contributed by atoms with E-state index in [9.17, 15) is 19.2 Å². The molecule has 1 fully saturated rings. The van der Waals surface area contributed by atoms with Gasteiger partial charge in [0.15, 0.2) is 0 Å². The van der Waals surface area contributed by atoms with Gasteiger partial charge in [-0.15, -0.1) is 0 Å². The van der Waals surface area contributed by atoms with Gasteiger partial charge < -0.3 is 23.8 Å². The molecule has 1 aliphatic rings. The number of carbonyl (C=O) groups is 2. The maximum Gasteiger partial charge on any atom is 0.330 e. The Hall–Kier alpha value is -2.88. The maximum absolute atomic E-state index is 12.7. The summed E-state index contributed by atoms with van der Waals surface area (Å²) in [5, 5.41) is 11.5. The molecule has 1 aromatic heterocycles. The molecule has 13 nitrogen and oxygen atoms in total. The summed E-state index contributed by atoms with van der Waals surface area (Å²) in [5.74, 6) is -0.948. The highest BCUT2D eigenvalue weighted by atomic mass is 31.2. The summed E-state index contributed by atoms with van der Waals surface area (Å²) in [6.45, 7) is 11.8. The number of nitrogens with one attached hydrogen (secondary N) is 2. The topological polar surface area (TPSA) is 165 Å². The number of hydrogen-bond acceptors (Lipinski definition) is 10. The number of hydrogen-bond donors (Lipinski definition) is 2. The van der Waals surface area contributed by atoms with E-state index in [2.05, 4.69) is 21.0 Å². The second-order valence-corrected chi connectivity index (χ2v) is 11.1. The highest BCUT2D eigenvalue weighted by Gasteiger charge is 2.40. The smallest absolute Gasteiger partial charge is 0.330 e.